The van der Waals surface area contributed by atoms with Crippen LogP contribution in [0.2, 0.25) is 0 Å². The van der Waals surface area contributed by atoms with E-state index in [4.69, 9.17) is 11.6 Å². The molecular formula is C13H13ClF2. The molecule has 1 aliphatic carbocycles. The lowest BCUT2D eigenvalue weighted by molar-refractivity contribution is 0.585. The van der Waals surface area contributed by atoms with Crippen molar-refractivity contribution in [3.8, 4) is 0 Å². The van der Waals surface area contributed by atoms with Gasteiger partial charge in [-0.05, 0) is 49.4 Å². The quantitative estimate of drug-likeness (QED) is 0.538. The Morgan fingerprint density at radius 1 is 1.31 bits per heavy atom. The summed E-state index contributed by atoms with van der Waals surface area (Å²) in [4.78, 5) is 0. The molecule has 0 saturated heterocycles. The van der Waals surface area contributed by atoms with Crippen molar-refractivity contribution < 1.29 is 8.78 Å². The molecule has 0 amide bonds. The van der Waals surface area contributed by atoms with Gasteiger partial charge in [0, 0.05) is 0 Å². The van der Waals surface area contributed by atoms with E-state index < -0.39 is 5.82 Å². The third-order valence-corrected chi connectivity index (χ3v) is 3.16. The van der Waals surface area contributed by atoms with Crippen LogP contribution in [0.3, 0.4) is 0 Å². The highest BCUT2D eigenvalue weighted by atomic mass is 35.5. The summed E-state index contributed by atoms with van der Waals surface area (Å²) in [5.41, 5.74) is 1.52. The second kappa shape index (κ2) is 4.96. The molecule has 0 fully saturated rings. The molecule has 0 aliphatic heterocycles. The molecule has 0 bridgehead atoms. The Bertz CT molecular complexity index is 412. The van der Waals surface area contributed by atoms with Gasteiger partial charge in [-0.2, -0.15) is 0 Å². The van der Waals surface area contributed by atoms with Gasteiger partial charge < -0.3 is 0 Å². The van der Waals surface area contributed by atoms with Gasteiger partial charge in [0.2, 0.25) is 0 Å². The maximum Gasteiger partial charge on any atom is 0.126 e. The molecule has 0 aromatic heterocycles. The molecule has 1 aliphatic rings. The van der Waals surface area contributed by atoms with Crippen molar-refractivity contribution in [1.29, 1.82) is 0 Å². The molecule has 0 N–H and O–H groups in total. The zero-order valence-corrected chi connectivity index (χ0v) is 9.61. The molecule has 1 aromatic carbocycles. The summed E-state index contributed by atoms with van der Waals surface area (Å²) in [7, 11) is 0. The first-order chi connectivity index (χ1) is 7.65. The summed E-state index contributed by atoms with van der Waals surface area (Å²) in [6.07, 6.45) is 5.36. The lowest BCUT2D eigenvalue weighted by Crippen LogP contribution is -2.06. The second-order valence-electron chi connectivity index (χ2n) is 4.15. The summed E-state index contributed by atoms with van der Waals surface area (Å²) < 4.78 is 26.4. The third-order valence-electron chi connectivity index (χ3n) is 2.82. The van der Waals surface area contributed by atoms with Crippen LogP contribution >= 0.6 is 11.6 Å². The molecule has 0 nitrogen and oxygen atoms in total. The minimum Gasteiger partial charge on any atom is -0.207 e. The molecular weight excluding hydrogens is 230 g/mol. The molecule has 1 aromatic rings. The van der Waals surface area contributed by atoms with Crippen LogP contribution in [0.15, 0.2) is 29.8 Å². The number of rotatable bonds is 2. The van der Waals surface area contributed by atoms with Gasteiger partial charge in [-0.25, -0.2) is 8.78 Å². The first kappa shape index (κ1) is 11.6. The van der Waals surface area contributed by atoms with Crippen LogP contribution in [0.5, 0.6) is 0 Å². The largest absolute Gasteiger partial charge is 0.207 e. The maximum atomic E-state index is 13.4. The van der Waals surface area contributed by atoms with Gasteiger partial charge in [0.1, 0.15) is 11.6 Å². The van der Waals surface area contributed by atoms with E-state index in [0.717, 1.165) is 30.9 Å². The Kier molecular flexibility index (Phi) is 3.59. The number of halogens is 3. The Hall–Kier alpha value is -0.890. The highest BCUT2D eigenvalue weighted by molar-refractivity contribution is 6.21. The number of allylic oxidation sites excluding steroid dienone is 2. The molecule has 16 heavy (non-hydrogen) atoms. The summed E-state index contributed by atoms with van der Waals surface area (Å²) in [6.45, 7) is 0. The predicted molar refractivity (Wildman–Crippen MR) is 61.6 cm³/mol. The molecule has 1 atom stereocenters. The summed E-state index contributed by atoms with van der Waals surface area (Å²) >= 11 is 6.00. The minimum absolute atomic E-state index is 0.0420. The normalized spacial score (nSPS) is 20.7. The van der Waals surface area contributed by atoms with E-state index in [9.17, 15) is 8.78 Å². The van der Waals surface area contributed by atoms with Gasteiger partial charge >= 0.3 is 0 Å². The smallest absolute Gasteiger partial charge is 0.126 e. The van der Waals surface area contributed by atoms with Gasteiger partial charge in [0.25, 0.3) is 0 Å². The molecule has 0 heterocycles. The molecule has 86 valence electrons. The molecule has 2 rings (SSSR count). The predicted octanol–water partition coefficient (Wildman–Crippen LogP) is 4.23. The van der Waals surface area contributed by atoms with Crippen LogP contribution in [0.4, 0.5) is 8.78 Å². The summed E-state index contributed by atoms with van der Waals surface area (Å²) in [5.74, 6) is -0.741. The Morgan fingerprint density at radius 3 is 2.88 bits per heavy atom. The van der Waals surface area contributed by atoms with Gasteiger partial charge in [-0.3, -0.25) is 0 Å². The SMILES string of the molecule is Fc1ccc(F)c(CC2=CC(Cl)CCC2)c1. The van der Waals surface area contributed by atoms with E-state index in [-0.39, 0.29) is 11.2 Å². The number of alkyl halides is 1. The summed E-state index contributed by atoms with van der Waals surface area (Å²) in [5, 5.41) is 0.0420. The Balaban J connectivity index is 2.17. The van der Waals surface area contributed by atoms with Crippen molar-refractivity contribution in [2.24, 2.45) is 0 Å². The van der Waals surface area contributed by atoms with Gasteiger partial charge in [0.05, 0.1) is 5.38 Å². The number of hydrogen-bond donors (Lipinski definition) is 0. The van der Waals surface area contributed by atoms with Gasteiger partial charge in [-0.15, -0.1) is 11.6 Å². The van der Waals surface area contributed by atoms with E-state index >= 15 is 0 Å². The monoisotopic (exact) mass is 242 g/mol. The summed E-state index contributed by atoms with van der Waals surface area (Å²) in [6, 6.07) is 3.57. The number of hydrogen-bond acceptors (Lipinski definition) is 0. The molecule has 1 unspecified atom stereocenters. The Morgan fingerprint density at radius 2 is 2.12 bits per heavy atom. The minimum atomic E-state index is -0.393. The van der Waals surface area contributed by atoms with E-state index in [0.29, 0.717) is 12.0 Å². The fraction of sp³-hybridized carbons (Fsp3) is 0.385. The van der Waals surface area contributed by atoms with Crippen molar-refractivity contribution in [3.63, 3.8) is 0 Å². The lowest BCUT2D eigenvalue weighted by Gasteiger charge is -2.16. The number of benzene rings is 1. The van der Waals surface area contributed by atoms with E-state index in [1.807, 2.05) is 6.08 Å². The highest BCUT2D eigenvalue weighted by Crippen LogP contribution is 2.25. The lowest BCUT2D eigenvalue weighted by atomic mass is 9.94. The fourth-order valence-corrected chi connectivity index (χ4v) is 2.35. The average Bonchev–Trinajstić information content (AvgIpc) is 2.24. The van der Waals surface area contributed by atoms with Crippen molar-refractivity contribution in [2.75, 3.05) is 0 Å². The van der Waals surface area contributed by atoms with Crippen LogP contribution in [-0.4, -0.2) is 5.38 Å². The zero-order chi connectivity index (χ0) is 11.5. The molecule has 3 heteroatoms. The van der Waals surface area contributed by atoms with E-state index in [1.54, 1.807) is 0 Å². The first-order valence-electron chi connectivity index (χ1n) is 5.43. The zero-order valence-electron chi connectivity index (χ0n) is 8.85. The fourth-order valence-electron chi connectivity index (χ4n) is 2.02. The highest BCUT2D eigenvalue weighted by Gasteiger charge is 2.13. The first-order valence-corrected chi connectivity index (χ1v) is 5.86. The molecule has 0 saturated carbocycles. The van der Waals surface area contributed by atoms with Crippen molar-refractivity contribution in [2.45, 2.75) is 31.1 Å². The van der Waals surface area contributed by atoms with Crippen molar-refractivity contribution in [1.82, 2.24) is 0 Å². The van der Waals surface area contributed by atoms with Crippen LogP contribution in [-0.2, 0) is 6.42 Å². The molecule has 0 spiro atoms. The van der Waals surface area contributed by atoms with Crippen molar-refractivity contribution >= 4 is 11.6 Å². The van der Waals surface area contributed by atoms with Gasteiger partial charge in [0.15, 0.2) is 0 Å². The van der Waals surface area contributed by atoms with Gasteiger partial charge in [-0.1, -0.05) is 11.6 Å². The van der Waals surface area contributed by atoms with E-state index in [1.165, 1.54) is 12.1 Å². The van der Waals surface area contributed by atoms with Crippen LogP contribution in [0.25, 0.3) is 0 Å². The van der Waals surface area contributed by atoms with Crippen LogP contribution in [0.1, 0.15) is 24.8 Å². The van der Waals surface area contributed by atoms with Crippen molar-refractivity contribution in [3.05, 3.63) is 47.0 Å². The van der Waals surface area contributed by atoms with Crippen LogP contribution in [0, 0.1) is 11.6 Å². The topological polar surface area (TPSA) is 0 Å². The van der Waals surface area contributed by atoms with Crippen LogP contribution < -0.4 is 0 Å². The molecule has 0 radical (unpaired) electrons. The Labute approximate surface area is 98.9 Å². The average molecular weight is 243 g/mol. The maximum absolute atomic E-state index is 13.4. The third kappa shape index (κ3) is 2.82. The standard InChI is InChI=1S/C13H13ClF2/c14-11-3-1-2-9(7-11)6-10-8-12(15)4-5-13(10)16/h4-5,7-8,11H,1-3,6H2. The second-order valence-corrected chi connectivity index (χ2v) is 4.71. The van der Waals surface area contributed by atoms with E-state index in [2.05, 4.69) is 0 Å².